The van der Waals surface area contributed by atoms with Gasteiger partial charge in [-0.3, -0.25) is 4.79 Å². The number of halogens is 2. The summed E-state index contributed by atoms with van der Waals surface area (Å²) < 4.78 is 39.1. The molecule has 0 aromatic heterocycles. The van der Waals surface area contributed by atoms with Crippen molar-refractivity contribution in [2.75, 3.05) is 6.54 Å². The van der Waals surface area contributed by atoms with E-state index in [9.17, 15) is 23.5 Å². The average Bonchev–Trinajstić information content (AvgIpc) is 2.91. The summed E-state index contributed by atoms with van der Waals surface area (Å²) in [7, 11) is 0. The van der Waals surface area contributed by atoms with Gasteiger partial charge >= 0.3 is 5.97 Å². The summed E-state index contributed by atoms with van der Waals surface area (Å²) in [6.45, 7) is 6.88. The lowest BCUT2D eigenvalue weighted by molar-refractivity contribution is -0.148. The zero-order valence-corrected chi connectivity index (χ0v) is 15.7. The number of rotatable bonds is 8. The standard InChI is InChI=1S/C19H23F2NO5/c1-10(2)7-14(19(24)25)22-9-12(8-16(22)23)27-18-13(20)5-6-15(17(18)21)26-11(3)4/h5-6,8,10-11,14H,7,9H2,1-4H3,(H,24,25). The van der Waals surface area contributed by atoms with Crippen LogP contribution in [0.4, 0.5) is 8.78 Å². The molecule has 1 amide bonds. The molecule has 1 unspecified atom stereocenters. The molecule has 0 saturated heterocycles. The number of nitrogens with zero attached hydrogens (tertiary/aromatic N) is 1. The third-order valence-corrected chi connectivity index (χ3v) is 3.86. The Labute approximate surface area is 156 Å². The van der Waals surface area contributed by atoms with Gasteiger partial charge in [0, 0.05) is 6.08 Å². The van der Waals surface area contributed by atoms with Gasteiger partial charge in [0.05, 0.1) is 12.6 Å². The van der Waals surface area contributed by atoms with Gasteiger partial charge in [-0.1, -0.05) is 13.8 Å². The average molecular weight is 383 g/mol. The summed E-state index contributed by atoms with van der Waals surface area (Å²) >= 11 is 0. The Bertz CT molecular complexity index is 761. The van der Waals surface area contributed by atoms with Crippen molar-refractivity contribution < 1.29 is 33.0 Å². The molecule has 0 fully saturated rings. The van der Waals surface area contributed by atoms with Crippen molar-refractivity contribution in [2.24, 2.45) is 5.92 Å². The van der Waals surface area contributed by atoms with Crippen LogP contribution in [0.5, 0.6) is 11.5 Å². The number of ether oxygens (including phenoxy) is 2. The zero-order chi connectivity index (χ0) is 20.3. The van der Waals surface area contributed by atoms with E-state index in [2.05, 4.69) is 0 Å². The Hall–Kier alpha value is -2.64. The largest absolute Gasteiger partial charge is 0.488 e. The monoisotopic (exact) mass is 383 g/mol. The molecular weight excluding hydrogens is 360 g/mol. The van der Waals surface area contributed by atoms with Crippen molar-refractivity contribution >= 4 is 11.9 Å². The maximum absolute atomic E-state index is 14.5. The lowest BCUT2D eigenvalue weighted by Gasteiger charge is -2.25. The third-order valence-electron chi connectivity index (χ3n) is 3.86. The van der Waals surface area contributed by atoms with Crippen molar-refractivity contribution in [1.29, 1.82) is 0 Å². The van der Waals surface area contributed by atoms with E-state index in [1.807, 2.05) is 13.8 Å². The molecule has 6 nitrogen and oxygen atoms in total. The number of amides is 1. The first-order valence-corrected chi connectivity index (χ1v) is 8.66. The Morgan fingerprint density at radius 3 is 2.48 bits per heavy atom. The summed E-state index contributed by atoms with van der Waals surface area (Å²) in [4.78, 5) is 24.8. The highest BCUT2D eigenvalue weighted by atomic mass is 19.1. The van der Waals surface area contributed by atoms with E-state index >= 15 is 0 Å². The number of carbonyl (C=O) groups excluding carboxylic acids is 1. The van der Waals surface area contributed by atoms with Crippen LogP contribution in [0.15, 0.2) is 24.0 Å². The molecule has 0 saturated carbocycles. The van der Waals surface area contributed by atoms with Gasteiger partial charge in [-0.25, -0.2) is 9.18 Å². The molecule has 0 spiro atoms. The van der Waals surface area contributed by atoms with Crippen LogP contribution in [0.1, 0.15) is 34.1 Å². The number of carboxylic acids is 1. The van der Waals surface area contributed by atoms with Crippen LogP contribution in [0.25, 0.3) is 0 Å². The van der Waals surface area contributed by atoms with Crippen LogP contribution in [0, 0.1) is 17.6 Å². The molecule has 1 atom stereocenters. The van der Waals surface area contributed by atoms with Crippen LogP contribution in [-0.2, 0) is 9.59 Å². The van der Waals surface area contributed by atoms with Gasteiger partial charge in [-0.05, 0) is 38.3 Å². The lowest BCUT2D eigenvalue weighted by atomic mass is 10.0. The molecule has 1 aliphatic rings. The Balaban J connectivity index is 2.21. The molecule has 1 aromatic carbocycles. The number of benzene rings is 1. The molecule has 1 aliphatic heterocycles. The molecule has 27 heavy (non-hydrogen) atoms. The predicted octanol–water partition coefficient (Wildman–Crippen LogP) is 3.36. The quantitative estimate of drug-likeness (QED) is 0.745. The number of aliphatic carboxylic acids is 1. The first-order valence-electron chi connectivity index (χ1n) is 8.66. The van der Waals surface area contributed by atoms with Gasteiger partial charge < -0.3 is 19.5 Å². The fraction of sp³-hybridized carbons (Fsp3) is 0.474. The molecule has 148 valence electrons. The highest BCUT2D eigenvalue weighted by Crippen LogP contribution is 2.32. The van der Waals surface area contributed by atoms with Crippen molar-refractivity contribution in [3.05, 3.63) is 35.6 Å². The van der Waals surface area contributed by atoms with Crippen molar-refractivity contribution in [3.8, 4) is 11.5 Å². The van der Waals surface area contributed by atoms with Gasteiger partial charge in [0.2, 0.25) is 11.6 Å². The molecule has 0 bridgehead atoms. The highest BCUT2D eigenvalue weighted by molar-refractivity contribution is 5.94. The van der Waals surface area contributed by atoms with Crippen molar-refractivity contribution in [1.82, 2.24) is 4.90 Å². The number of hydrogen-bond donors (Lipinski definition) is 1. The Morgan fingerprint density at radius 2 is 1.93 bits per heavy atom. The van der Waals surface area contributed by atoms with Crippen LogP contribution in [0.2, 0.25) is 0 Å². The SMILES string of the molecule is CC(C)CC(C(=O)O)N1CC(Oc2c(F)ccc(OC(C)C)c2F)=CC1=O. The molecule has 1 N–H and O–H groups in total. The summed E-state index contributed by atoms with van der Waals surface area (Å²) in [5.74, 6) is -4.54. The van der Waals surface area contributed by atoms with Gasteiger partial charge in [-0.2, -0.15) is 4.39 Å². The fourth-order valence-electron chi connectivity index (χ4n) is 2.73. The van der Waals surface area contributed by atoms with E-state index < -0.39 is 35.3 Å². The van der Waals surface area contributed by atoms with Crippen LogP contribution in [-0.4, -0.2) is 40.6 Å². The van der Waals surface area contributed by atoms with Gasteiger partial charge in [0.25, 0.3) is 5.91 Å². The van der Waals surface area contributed by atoms with E-state index in [1.54, 1.807) is 13.8 Å². The summed E-state index contributed by atoms with van der Waals surface area (Å²) in [6, 6.07) is 1.12. The van der Waals surface area contributed by atoms with E-state index in [0.717, 1.165) is 23.1 Å². The number of hydrogen-bond acceptors (Lipinski definition) is 4. The molecular formula is C19H23F2NO5. The van der Waals surface area contributed by atoms with Crippen molar-refractivity contribution in [2.45, 2.75) is 46.3 Å². The summed E-state index contributed by atoms with van der Waals surface area (Å²) in [6.07, 6.45) is 0.973. The molecule has 8 heteroatoms. The van der Waals surface area contributed by atoms with Crippen molar-refractivity contribution in [3.63, 3.8) is 0 Å². The number of carboxylic acid groups (broad SMARTS) is 1. The van der Waals surface area contributed by atoms with Gasteiger partial charge in [0.15, 0.2) is 11.6 Å². The van der Waals surface area contributed by atoms with E-state index in [4.69, 9.17) is 9.47 Å². The summed E-state index contributed by atoms with van der Waals surface area (Å²) in [5, 5.41) is 9.39. The molecule has 0 aliphatic carbocycles. The van der Waals surface area contributed by atoms with Crippen LogP contribution < -0.4 is 9.47 Å². The molecule has 2 rings (SSSR count). The van der Waals surface area contributed by atoms with Crippen LogP contribution >= 0.6 is 0 Å². The van der Waals surface area contributed by atoms with Crippen LogP contribution in [0.3, 0.4) is 0 Å². The van der Waals surface area contributed by atoms with Gasteiger partial charge in [-0.15, -0.1) is 0 Å². The first-order chi connectivity index (χ1) is 12.6. The molecule has 1 heterocycles. The molecule has 1 aromatic rings. The minimum Gasteiger partial charge on any atom is -0.488 e. The normalized spacial score (nSPS) is 15.3. The molecule has 0 radical (unpaired) electrons. The summed E-state index contributed by atoms with van der Waals surface area (Å²) in [5.41, 5.74) is 0. The van der Waals surface area contributed by atoms with E-state index in [0.29, 0.717) is 0 Å². The smallest absolute Gasteiger partial charge is 0.326 e. The third kappa shape index (κ3) is 4.96. The second-order valence-electron chi connectivity index (χ2n) is 7.02. The maximum Gasteiger partial charge on any atom is 0.326 e. The minimum atomic E-state index is -1.14. The zero-order valence-electron chi connectivity index (χ0n) is 15.7. The second kappa shape index (κ2) is 8.37. The fourth-order valence-corrected chi connectivity index (χ4v) is 2.73. The van der Waals surface area contributed by atoms with Gasteiger partial charge in [0.1, 0.15) is 11.8 Å². The number of carbonyl (C=O) groups is 2. The second-order valence-corrected chi connectivity index (χ2v) is 7.02. The Morgan fingerprint density at radius 1 is 1.26 bits per heavy atom. The topological polar surface area (TPSA) is 76.1 Å². The van der Waals surface area contributed by atoms with E-state index in [1.165, 1.54) is 0 Å². The predicted molar refractivity (Wildman–Crippen MR) is 93.4 cm³/mol. The lowest BCUT2D eigenvalue weighted by Crippen LogP contribution is -2.43. The maximum atomic E-state index is 14.5. The Kier molecular flexibility index (Phi) is 6.41. The minimum absolute atomic E-state index is 0.0329. The highest BCUT2D eigenvalue weighted by Gasteiger charge is 2.35. The van der Waals surface area contributed by atoms with E-state index in [-0.39, 0.29) is 36.5 Å². The first kappa shape index (κ1) is 20.7.